The quantitative estimate of drug-likeness (QED) is 0.505. The van der Waals surface area contributed by atoms with Crippen molar-refractivity contribution in [2.24, 2.45) is 0 Å². The minimum absolute atomic E-state index is 0.113. The third kappa shape index (κ3) is 7.12. The van der Waals surface area contributed by atoms with E-state index in [1.54, 1.807) is 0 Å². The summed E-state index contributed by atoms with van der Waals surface area (Å²) >= 11 is 0. The Kier molecular flexibility index (Phi) is 8.18. The molecule has 0 unspecified atom stereocenters. The van der Waals surface area contributed by atoms with Gasteiger partial charge in [0.05, 0.1) is 9.79 Å². The Hall–Kier alpha value is -2.26. The van der Waals surface area contributed by atoms with Gasteiger partial charge in [0.2, 0.25) is 0 Å². The second-order valence-corrected chi connectivity index (χ2v) is 11.1. The molecule has 1 fully saturated rings. The van der Waals surface area contributed by atoms with Crippen molar-refractivity contribution in [3.8, 4) is 11.5 Å². The van der Waals surface area contributed by atoms with Crippen LogP contribution in [0, 0.1) is 0 Å². The van der Waals surface area contributed by atoms with Crippen LogP contribution in [0.2, 0.25) is 0 Å². The maximum absolute atomic E-state index is 11.4. The van der Waals surface area contributed by atoms with Crippen molar-refractivity contribution in [3.63, 3.8) is 0 Å². The number of nitrogens with zero attached hydrogens (tertiary/aromatic N) is 3. The summed E-state index contributed by atoms with van der Waals surface area (Å²) in [6, 6.07) is 6.87. The van der Waals surface area contributed by atoms with Crippen LogP contribution in [0.15, 0.2) is 46.2 Å². The molecule has 0 aromatic heterocycles. The van der Waals surface area contributed by atoms with Crippen molar-refractivity contribution in [2.45, 2.75) is 22.9 Å². The van der Waals surface area contributed by atoms with Gasteiger partial charge < -0.3 is 24.2 Å². The molecule has 0 bridgehead atoms. The molecule has 0 atom stereocenters. The van der Waals surface area contributed by atoms with Crippen molar-refractivity contribution in [3.05, 3.63) is 47.5 Å². The molecule has 34 heavy (non-hydrogen) atoms. The topological polar surface area (TPSA) is 165 Å². The van der Waals surface area contributed by atoms with Gasteiger partial charge in [0, 0.05) is 63.5 Å². The summed E-state index contributed by atoms with van der Waals surface area (Å²) in [5.74, 6) is -0.226. The van der Waals surface area contributed by atoms with Gasteiger partial charge in [0.25, 0.3) is 0 Å². The molecule has 0 radical (unpaired) electrons. The van der Waals surface area contributed by atoms with E-state index < -0.39 is 30.0 Å². The first kappa shape index (κ1) is 26.3. The molecule has 1 aliphatic rings. The average Bonchev–Trinajstić information content (AvgIpc) is 2.82. The Morgan fingerprint density at radius 2 is 1.06 bits per heavy atom. The molecule has 2 N–H and O–H groups in total. The predicted molar refractivity (Wildman–Crippen MR) is 120 cm³/mol. The van der Waals surface area contributed by atoms with Crippen LogP contribution in [0.3, 0.4) is 0 Å². The second kappa shape index (κ2) is 10.6. The molecule has 0 saturated carbocycles. The highest BCUT2D eigenvalue weighted by Gasteiger charge is 2.18. The maximum Gasteiger partial charge on any atom is 0.124 e. The van der Waals surface area contributed by atoms with Crippen LogP contribution in [0.5, 0.6) is 11.5 Å². The molecule has 3 rings (SSSR count). The van der Waals surface area contributed by atoms with Gasteiger partial charge in [-0.3, -0.25) is 9.80 Å². The van der Waals surface area contributed by atoms with E-state index in [1.165, 1.54) is 24.3 Å². The van der Waals surface area contributed by atoms with E-state index in [9.17, 15) is 36.2 Å². The summed E-state index contributed by atoms with van der Waals surface area (Å²) < 4.78 is 68.2. The zero-order valence-electron chi connectivity index (χ0n) is 18.6. The fraction of sp³-hybridized carbons (Fsp3) is 0.429. The number of phenols is 2. The number of hydrogen-bond acceptors (Lipinski definition) is 11. The molecule has 0 spiro atoms. The molecule has 188 valence electrons. The Balaban J connectivity index is 1.78. The summed E-state index contributed by atoms with van der Waals surface area (Å²) in [5.41, 5.74) is 0.632. The first-order chi connectivity index (χ1) is 15.8. The number of phenolic OH excluding ortho intramolecular Hbond substituents is 2. The van der Waals surface area contributed by atoms with E-state index >= 15 is 0 Å². The van der Waals surface area contributed by atoms with Gasteiger partial charge in [-0.1, -0.05) is 0 Å². The fourth-order valence-electron chi connectivity index (χ4n) is 3.73. The van der Waals surface area contributed by atoms with Crippen LogP contribution in [0.4, 0.5) is 0 Å². The van der Waals surface area contributed by atoms with Crippen molar-refractivity contribution in [1.82, 2.24) is 14.7 Å². The molecule has 1 aliphatic heterocycles. The Bertz CT molecular complexity index is 1140. The standard InChI is InChI=1S/C21H29N3O8S2/c1-22-6-8-23(14-16-12-18(33(27,28)29)2-4-20(16)25)10-11-24(9-7-22)15-17-13-19(34(30,31)32)3-5-21(17)26/h2-5,12-13,25-26H,6-11,14-15H2,1H3,(H,27,28,29)(H,30,31,32)/p-2. The zero-order chi connectivity index (χ0) is 25.1. The number of hydrogen-bond donors (Lipinski definition) is 2. The molecule has 0 amide bonds. The average molecular weight is 514 g/mol. The van der Waals surface area contributed by atoms with Crippen molar-refractivity contribution >= 4 is 20.2 Å². The summed E-state index contributed by atoms with van der Waals surface area (Å²) in [5, 5.41) is 20.4. The number of aromatic hydroxyl groups is 2. The molecule has 0 aliphatic carbocycles. The Morgan fingerprint density at radius 3 is 1.41 bits per heavy atom. The van der Waals surface area contributed by atoms with E-state index in [0.717, 1.165) is 12.1 Å². The Morgan fingerprint density at radius 1 is 0.706 bits per heavy atom. The third-order valence-electron chi connectivity index (χ3n) is 5.80. The maximum atomic E-state index is 11.4. The highest BCUT2D eigenvalue weighted by atomic mass is 32.2. The lowest BCUT2D eigenvalue weighted by molar-refractivity contribution is 0.206. The van der Waals surface area contributed by atoms with Crippen molar-refractivity contribution < 1.29 is 36.2 Å². The molecular formula is C21H27N3O8S2-2. The number of likely N-dealkylation sites (N-methyl/N-ethyl adjacent to an activating group) is 1. The molecule has 1 saturated heterocycles. The second-order valence-electron chi connectivity index (χ2n) is 8.34. The monoisotopic (exact) mass is 513 g/mol. The highest BCUT2D eigenvalue weighted by Crippen LogP contribution is 2.25. The van der Waals surface area contributed by atoms with E-state index in [0.29, 0.717) is 50.4 Å². The van der Waals surface area contributed by atoms with Crippen molar-refractivity contribution in [1.29, 1.82) is 0 Å². The summed E-state index contributed by atoms with van der Waals surface area (Å²) in [6.07, 6.45) is 0. The summed E-state index contributed by atoms with van der Waals surface area (Å²) in [4.78, 5) is 5.27. The summed E-state index contributed by atoms with van der Waals surface area (Å²) in [6.45, 7) is 4.09. The molecule has 1 heterocycles. The van der Waals surface area contributed by atoms with Gasteiger partial charge in [-0.25, -0.2) is 16.8 Å². The lowest BCUT2D eigenvalue weighted by Gasteiger charge is -2.26. The van der Waals surface area contributed by atoms with E-state index in [-0.39, 0.29) is 24.6 Å². The Labute approximate surface area is 199 Å². The van der Waals surface area contributed by atoms with Crippen LogP contribution in [0.25, 0.3) is 0 Å². The predicted octanol–water partition coefficient (Wildman–Crippen LogP) is 0.156. The zero-order valence-corrected chi connectivity index (χ0v) is 20.3. The first-order valence-electron chi connectivity index (χ1n) is 10.5. The van der Waals surface area contributed by atoms with Crippen LogP contribution in [-0.4, -0.2) is 97.2 Å². The molecule has 13 heteroatoms. The van der Waals surface area contributed by atoms with E-state index in [2.05, 4.69) is 4.90 Å². The molecular weight excluding hydrogens is 486 g/mol. The fourth-order valence-corrected chi connectivity index (χ4v) is 4.77. The smallest absolute Gasteiger partial charge is 0.124 e. The van der Waals surface area contributed by atoms with Crippen LogP contribution < -0.4 is 0 Å². The van der Waals surface area contributed by atoms with Crippen LogP contribution in [-0.2, 0) is 33.3 Å². The van der Waals surface area contributed by atoms with Crippen LogP contribution in [0.1, 0.15) is 11.1 Å². The van der Waals surface area contributed by atoms with E-state index in [1.807, 2.05) is 16.8 Å². The molecule has 11 nitrogen and oxygen atoms in total. The van der Waals surface area contributed by atoms with E-state index in [4.69, 9.17) is 0 Å². The van der Waals surface area contributed by atoms with Gasteiger partial charge in [0.1, 0.15) is 31.7 Å². The first-order valence-corrected chi connectivity index (χ1v) is 13.3. The minimum atomic E-state index is -4.66. The van der Waals surface area contributed by atoms with Crippen LogP contribution >= 0.6 is 0 Å². The number of benzene rings is 2. The van der Waals surface area contributed by atoms with Crippen molar-refractivity contribution in [2.75, 3.05) is 46.3 Å². The highest BCUT2D eigenvalue weighted by molar-refractivity contribution is 7.86. The molecule has 2 aromatic rings. The van der Waals surface area contributed by atoms with Gasteiger partial charge in [0.15, 0.2) is 0 Å². The molecule has 2 aromatic carbocycles. The normalized spacial score (nSPS) is 17.7. The number of rotatable bonds is 6. The SMILES string of the molecule is CN1CCN(Cc2cc(S(=O)(=O)[O-])ccc2O)CCN(Cc2cc(S(=O)(=O)[O-])ccc2O)CC1. The van der Waals surface area contributed by atoms with Gasteiger partial charge in [-0.15, -0.1) is 0 Å². The largest absolute Gasteiger partial charge is 0.744 e. The lowest BCUT2D eigenvalue weighted by atomic mass is 10.1. The van der Waals surface area contributed by atoms with Gasteiger partial charge >= 0.3 is 0 Å². The van der Waals surface area contributed by atoms with Gasteiger partial charge in [-0.2, -0.15) is 0 Å². The summed E-state index contributed by atoms with van der Waals surface area (Å²) in [7, 11) is -7.38. The lowest BCUT2D eigenvalue weighted by Crippen LogP contribution is -2.35. The third-order valence-corrected chi connectivity index (χ3v) is 7.46. The minimum Gasteiger partial charge on any atom is -0.744 e. The van der Waals surface area contributed by atoms with Gasteiger partial charge in [-0.05, 0) is 43.4 Å².